The molecule has 1 saturated heterocycles. The molecule has 1 aromatic carbocycles. The number of carbonyl (C=O) groups excluding carboxylic acids is 1. The maximum atomic E-state index is 11.5. The SMILES string of the molecule is CN1C[C@@H]2CC[C@]1(c1nc3cccc(C(N)=O)c3o1)C2. The average Bonchev–Trinajstić information content (AvgIpc) is 3.08. The van der Waals surface area contributed by atoms with Gasteiger partial charge in [-0.25, -0.2) is 4.98 Å². The number of primary amides is 1. The van der Waals surface area contributed by atoms with Crippen LogP contribution >= 0.6 is 0 Å². The molecule has 2 bridgehead atoms. The van der Waals surface area contributed by atoms with Gasteiger partial charge in [-0.1, -0.05) is 6.07 Å². The summed E-state index contributed by atoms with van der Waals surface area (Å²) in [6, 6.07) is 5.35. The molecule has 1 saturated carbocycles. The van der Waals surface area contributed by atoms with E-state index >= 15 is 0 Å². The van der Waals surface area contributed by atoms with E-state index in [9.17, 15) is 4.79 Å². The number of hydrogen-bond donors (Lipinski definition) is 1. The van der Waals surface area contributed by atoms with Crippen LogP contribution in [0.3, 0.4) is 0 Å². The zero-order chi connectivity index (χ0) is 13.9. The summed E-state index contributed by atoms with van der Waals surface area (Å²) in [5, 5.41) is 0. The molecule has 2 heterocycles. The van der Waals surface area contributed by atoms with E-state index < -0.39 is 5.91 Å². The molecule has 2 aromatic rings. The summed E-state index contributed by atoms with van der Waals surface area (Å²) in [5.74, 6) is 1.01. The summed E-state index contributed by atoms with van der Waals surface area (Å²) in [6.07, 6.45) is 3.40. The number of benzene rings is 1. The predicted molar refractivity (Wildman–Crippen MR) is 74.2 cm³/mol. The number of nitrogens with two attached hydrogens (primary N) is 1. The Kier molecular flexibility index (Phi) is 2.27. The number of hydrogen-bond acceptors (Lipinski definition) is 4. The molecule has 1 aliphatic carbocycles. The number of rotatable bonds is 2. The minimum Gasteiger partial charge on any atom is -0.438 e. The summed E-state index contributed by atoms with van der Waals surface area (Å²) < 4.78 is 5.98. The lowest BCUT2D eigenvalue weighted by molar-refractivity contribution is 0.0999. The van der Waals surface area contributed by atoms with Gasteiger partial charge in [0.2, 0.25) is 5.89 Å². The van der Waals surface area contributed by atoms with Crippen LogP contribution in [-0.4, -0.2) is 29.4 Å². The summed E-state index contributed by atoms with van der Waals surface area (Å²) in [5.41, 5.74) is 6.97. The van der Waals surface area contributed by atoms with Gasteiger partial charge in [-0.2, -0.15) is 0 Å². The second-order valence-electron chi connectivity index (χ2n) is 6.06. The van der Waals surface area contributed by atoms with Gasteiger partial charge < -0.3 is 10.2 Å². The molecule has 4 rings (SSSR count). The van der Waals surface area contributed by atoms with Crippen molar-refractivity contribution in [2.45, 2.75) is 24.8 Å². The lowest BCUT2D eigenvalue weighted by atomic mass is 9.97. The lowest BCUT2D eigenvalue weighted by Gasteiger charge is -2.32. The maximum absolute atomic E-state index is 11.5. The highest BCUT2D eigenvalue weighted by Crippen LogP contribution is 2.52. The van der Waals surface area contributed by atoms with E-state index in [1.165, 1.54) is 6.42 Å². The predicted octanol–water partition coefficient (Wildman–Crippen LogP) is 1.87. The van der Waals surface area contributed by atoms with Crippen LogP contribution in [0.2, 0.25) is 0 Å². The number of likely N-dealkylation sites (tertiary alicyclic amines) is 1. The molecule has 2 aliphatic rings. The van der Waals surface area contributed by atoms with Crippen LogP contribution in [0.4, 0.5) is 0 Å². The number of amides is 1. The molecule has 1 aliphatic heterocycles. The Hall–Kier alpha value is -1.88. The van der Waals surface area contributed by atoms with Crippen LogP contribution in [0.5, 0.6) is 0 Å². The Morgan fingerprint density at radius 1 is 1.55 bits per heavy atom. The summed E-state index contributed by atoms with van der Waals surface area (Å²) in [7, 11) is 2.13. The molecule has 1 aromatic heterocycles. The Morgan fingerprint density at radius 2 is 2.40 bits per heavy atom. The molecule has 0 unspecified atom stereocenters. The zero-order valence-electron chi connectivity index (χ0n) is 11.4. The fourth-order valence-electron chi connectivity index (χ4n) is 3.89. The molecule has 5 heteroatoms. The number of aromatic nitrogens is 1. The highest BCUT2D eigenvalue weighted by atomic mass is 16.4. The summed E-state index contributed by atoms with van der Waals surface area (Å²) in [6.45, 7) is 1.10. The first-order valence-electron chi connectivity index (χ1n) is 7.01. The van der Waals surface area contributed by atoms with Gasteiger partial charge in [-0.15, -0.1) is 0 Å². The van der Waals surface area contributed by atoms with Gasteiger partial charge in [0, 0.05) is 6.54 Å². The third-order valence-corrected chi connectivity index (χ3v) is 4.93. The summed E-state index contributed by atoms with van der Waals surface area (Å²) >= 11 is 0. The minimum absolute atomic E-state index is 0.0847. The Labute approximate surface area is 116 Å². The molecule has 0 spiro atoms. The van der Waals surface area contributed by atoms with E-state index in [-0.39, 0.29) is 5.54 Å². The van der Waals surface area contributed by atoms with Gasteiger partial charge in [0.1, 0.15) is 5.52 Å². The fourth-order valence-corrected chi connectivity index (χ4v) is 3.89. The first kappa shape index (κ1) is 11.9. The number of piperidine rings is 1. The van der Waals surface area contributed by atoms with Crippen molar-refractivity contribution in [2.75, 3.05) is 13.6 Å². The van der Waals surface area contributed by atoms with Crippen LogP contribution in [0.15, 0.2) is 22.6 Å². The van der Waals surface area contributed by atoms with Crippen LogP contribution in [0.1, 0.15) is 35.5 Å². The van der Waals surface area contributed by atoms with Gasteiger partial charge in [-0.05, 0) is 44.4 Å². The van der Waals surface area contributed by atoms with Crippen molar-refractivity contribution in [2.24, 2.45) is 11.7 Å². The number of fused-ring (bicyclic) bond motifs is 3. The third kappa shape index (κ3) is 1.41. The van der Waals surface area contributed by atoms with E-state index in [2.05, 4.69) is 16.9 Å². The lowest BCUT2D eigenvalue weighted by Crippen LogP contribution is -2.39. The maximum Gasteiger partial charge on any atom is 0.252 e. The molecule has 1 amide bonds. The van der Waals surface area contributed by atoms with Crippen molar-refractivity contribution < 1.29 is 9.21 Å². The first-order chi connectivity index (χ1) is 9.60. The normalized spacial score (nSPS) is 29.4. The van der Waals surface area contributed by atoms with E-state index in [1.807, 2.05) is 6.07 Å². The van der Waals surface area contributed by atoms with Crippen molar-refractivity contribution in [1.82, 2.24) is 9.88 Å². The van der Waals surface area contributed by atoms with Crippen LogP contribution in [0, 0.1) is 5.92 Å². The second kappa shape index (κ2) is 3.82. The molecule has 104 valence electrons. The monoisotopic (exact) mass is 271 g/mol. The fraction of sp³-hybridized carbons (Fsp3) is 0.467. The van der Waals surface area contributed by atoms with Crippen molar-refractivity contribution in [3.63, 3.8) is 0 Å². The van der Waals surface area contributed by atoms with E-state index in [0.717, 1.165) is 36.7 Å². The van der Waals surface area contributed by atoms with Crippen LogP contribution < -0.4 is 5.73 Å². The number of para-hydroxylation sites is 1. The van der Waals surface area contributed by atoms with Gasteiger partial charge in [0.25, 0.3) is 5.91 Å². The quantitative estimate of drug-likeness (QED) is 0.905. The zero-order valence-corrected chi connectivity index (χ0v) is 11.4. The molecule has 2 N–H and O–H groups in total. The van der Waals surface area contributed by atoms with Gasteiger partial charge in [0.15, 0.2) is 5.58 Å². The van der Waals surface area contributed by atoms with Crippen molar-refractivity contribution in [1.29, 1.82) is 0 Å². The number of carbonyl (C=O) groups is 1. The Morgan fingerprint density at radius 3 is 3.05 bits per heavy atom. The molecular weight excluding hydrogens is 254 g/mol. The van der Waals surface area contributed by atoms with Gasteiger partial charge in [-0.3, -0.25) is 9.69 Å². The molecular formula is C15H17N3O2. The largest absolute Gasteiger partial charge is 0.438 e. The molecule has 2 fully saturated rings. The first-order valence-corrected chi connectivity index (χ1v) is 7.01. The number of nitrogens with zero attached hydrogens (tertiary/aromatic N) is 2. The highest BCUT2D eigenvalue weighted by Gasteiger charge is 2.53. The van der Waals surface area contributed by atoms with Crippen LogP contribution in [-0.2, 0) is 5.54 Å². The molecule has 5 nitrogen and oxygen atoms in total. The number of oxazole rings is 1. The van der Waals surface area contributed by atoms with E-state index in [0.29, 0.717) is 11.1 Å². The van der Waals surface area contributed by atoms with E-state index in [4.69, 9.17) is 10.2 Å². The highest BCUT2D eigenvalue weighted by molar-refractivity contribution is 6.03. The van der Waals surface area contributed by atoms with Crippen molar-refractivity contribution in [3.8, 4) is 0 Å². The van der Waals surface area contributed by atoms with Crippen molar-refractivity contribution >= 4 is 17.0 Å². The molecule has 2 atom stereocenters. The van der Waals surface area contributed by atoms with Crippen molar-refractivity contribution in [3.05, 3.63) is 29.7 Å². The minimum atomic E-state index is -0.472. The average molecular weight is 271 g/mol. The Balaban J connectivity index is 1.90. The van der Waals surface area contributed by atoms with E-state index in [1.54, 1.807) is 12.1 Å². The summed E-state index contributed by atoms with van der Waals surface area (Å²) in [4.78, 5) is 18.5. The van der Waals surface area contributed by atoms with Crippen LogP contribution in [0.25, 0.3) is 11.1 Å². The molecule has 0 radical (unpaired) electrons. The smallest absolute Gasteiger partial charge is 0.252 e. The van der Waals surface area contributed by atoms with Gasteiger partial charge in [0.05, 0.1) is 11.1 Å². The molecule has 20 heavy (non-hydrogen) atoms. The topological polar surface area (TPSA) is 72.4 Å². The second-order valence-corrected chi connectivity index (χ2v) is 6.06. The Bertz CT molecular complexity index is 708. The third-order valence-electron chi connectivity index (χ3n) is 4.93. The standard InChI is InChI=1S/C15H17N3O2/c1-18-8-9-5-6-15(18,7-9)14-17-11-4-2-3-10(13(16)19)12(11)20-14/h2-4,9H,5-8H2,1H3,(H2,16,19)/t9-,15-/m1/s1. The van der Waals surface area contributed by atoms with Gasteiger partial charge >= 0.3 is 0 Å².